The highest BCUT2D eigenvalue weighted by atomic mass is 35.5. The van der Waals surface area contributed by atoms with Gasteiger partial charge in [0.1, 0.15) is 0 Å². The van der Waals surface area contributed by atoms with Crippen LogP contribution in [-0.4, -0.2) is 19.6 Å². The summed E-state index contributed by atoms with van der Waals surface area (Å²) >= 11 is 5.39. The summed E-state index contributed by atoms with van der Waals surface area (Å²) in [5.41, 5.74) is 1.60. The van der Waals surface area contributed by atoms with Crippen LogP contribution in [0.3, 0.4) is 0 Å². The van der Waals surface area contributed by atoms with E-state index in [1.807, 2.05) is 0 Å². The number of rotatable bonds is 4. The van der Waals surface area contributed by atoms with Gasteiger partial charge in [0.15, 0.2) is 0 Å². The quantitative estimate of drug-likeness (QED) is 0.670. The Morgan fingerprint density at radius 3 is 2.42 bits per heavy atom. The second kappa shape index (κ2) is 5.82. The highest BCUT2D eigenvalue weighted by Crippen LogP contribution is 2.36. The Morgan fingerprint density at radius 2 is 1.73 bits per heavy atom. The molecule has 0 radical (unpaired) electrons. The lowest BCUT2D eigenvalue weighted by Gasteiger charge is -2.11. The van der Waals surface area contributed by atoms with Crippen LogP contribution in [0.25, 0.3) is 10.8 Å². The van der Waals surface area contributed by atoms with Gasteiger partial charge >= 0.3 is 0 Å². The number of halogens is 1. The zero-order chi connectivity index (χ0) is 18.5. The molecule has 0 saturated carbocycles. The molecule has 3 aromatic carbocycles. The van der Waals surface area contributed by atoms with Gasteiger partial charge in [-0.1, -0.05) is 12.1 Å². The fraction of sp³-hybridized carbons (Fsp3) is 0. The smallest absolute Gasteiger partial charge is 0.262 e. The molecule has 3 aromatic rings. The van der Waals surface area contributed by atoms with Gasteiger partial charge in [-0.05, 0) is 54.1 Å². The van der Waals surface area contributed by atoms with Crippen LogP contribution in [0.15, 0.2) is 59.5 Å². The molecule has 26 heavy (non-hydrogen) atoms. The number of hydrogen-bond donors (Lipinski definition) is 2. The predicted molar refractivity (Wildman–Crippen MR) is 99.3 cm³/mol. The Kier molecular flexibility index (Phi) is 3.71. The molecule has 2 N–H and O–H groups in total. The molecule has 0 atom stereocenters. The zero-order valence-corrected chi connectivity index (χ0v) is 14.7. The fourth-order valence-electron chi connectivity index (χ4n) is 2.98. The number of sulfonamides is 1. The van der Waals surface area contributed by atoms with E-state index in [1.54, 1.807) is 24.3 Å². The summed E-state index contributed by atoms with van der Waals surface area (Å²) in [4.78, 5) is 23.1. The zero-order valence-electron chi connectivity index (χ0n) is 13.1. The van der Waals surface area contributed by atoms with Crippen molar-refractivity contribution in [3.8, 4) is 0 Å². The van der Waals surface area contributed by atoms with Crippen LogP contribution in [-0.2, 0) is 10.0 Å². The van der Waals surface area contributed by atoms with Crippen molar-refractivity contribution in [1.82, 2.24) is 0 Å². The van der Waals surface area contributed by atoms with Crippen molar-refractivity contribution in [3.05, 3.63) is 65.7 Å². The topological polar surface area (TPSA) is 92.3 Å². The van der Waals surface area contributed by atoms with Gasteiger partial charge in [0.2, 0.25) is 0 Å². The number of carbonyl (C=O) groups is 2. The van der Waals surface area contributed by atoms with Crippen LogP contribution in [0.4, 0.5) is 11.4 Å². The Bertz CT molecular complexity index is 1190. The molecule has 0 fully saturated rings. The summed E-state index contributed by atoms with van der Waals surface area (Å²) in [6, 6.07) is 13.8. The highest BCUT2D eigenvalue weighted by Gasteiger charge is 2.26. The lowest BCUT2D eigenvalue weighted by molar-refractivity contribution is 0.103. The van der Waals surface area contributed by atoms with Crippen molar-refractivity contribution in [1.29, 1.82) is 0 Å². The van der Waals surface area contributed by atoms with E-state index >= 15 is 0 Å². The average Bonchev–Trinajstić information content (AvgIpc) is 2.93. The molecule has 8 heteroatoms. The van der Waals surface area contributed by atoms with Crippen LogP contribution >= 0.6 is 11.6 Å². The SMILES string of the molecule is O=C(Cl)c1ccc(NS(=O)(=O)c2ccc3c4c(cccc24)C(=O)N3)cc1. The summed E-state index contributed by atoms with van der Waals surface area (Å²) in [5, 5.41) is 3.14. The van der Waals surface area contributed by atoms with E-state index in [4.69, 9.17) is 11.6 Å². The van der Waals surface area contributed by atoms with Gasteiger partial charge in [0.25, 0.3) is 21.2 Å². The van der Waals surface area contributed by atoms with Crippen molar-refractivity contribution < 1.29 is 18.0 Å². The number of hydrogen-bond acceptors (Lipinski definition) is 4. The summed E-state index contributed by atoms with van der Waals surface area (Å²) in [6.07, 6.45) is 0. The van der Waals surface area contributed by atoms with Gasteiger partial charge in [-0.25, -0.2) is 8.42 Å². The standard InChI is InChI=1S/C18H11ClN2O4S/c19-17(22)10-4-6-11(7-5-10)21-26(24,25)15-9-8-14-16-12(15)2-1-3-13(16)18(23)20-14/h1-9,21H,(H,20,23). The minimum atomic E-state index is -3.90. The average molecular weight is 387 g/mol. The predicted octanol–water partition coefficient (Wildman–Crippen LogP) is 3.59. The van der Waals surface area contributed by atoms with Gasteiger partial charge in [-0.3, -0.25) is 14.3 Å². The largest absolute Gasteiger partial charge is 0.321 e. The molecule has 0 aromatic heterocycles. The molecule has 130 valence electrons. The van der Waals surface area contributed by atoms with Crippen molar-refractivity contribution in [2.45, 2.75) is 4.90 Å². The van der Waals surface area contributed by atoms with E-state index in [2.05, 4.69) is 10.0 Å². The summed E-state index contributed by atoms with van der Waals surface area (Å²) in [6.45, 7) is 0. The van der Waals surface area contributed by atoms with Crippen molar-refractivity contribution >= 4 is 54.9 Å². The molecule has 0 bridgehead atoms. The summed E-state index contributed by atoms with van der Waals surface area (Å²) < 4.78 is 28.2. The Balaban J connectivity index is 1.79. The normalized spacial score (nSPS) is 12.9. The van der Waals surface area contributed by atoms with Crippen molar-refractivity contribution in [2.24, 2.45) is 0 Å². The van der Waals surface area contributed by atoms with E-state index in [-0.39, 0.29) is 16.4 Å². The van der Waals surface area contributed by atoms with Gasteiger partial charge in [0.05, 0.1) is 4.90 Å². The Morgan fingerprint density at radius 1 is 1.00 bits per heavy atom. The molecule has 1 amide bonds. The van der Waals surface area contributed by atoms with Gasteiger partial charge in [-0.15, -0.1) is 0 Å². The van der Waals surface area contributed by atoms with Gasteiger partial charge < -0.3 is 5.32 Å². The van der Waals surface area contributed by atoms with E-state index in [1.165, 1.54) is 30.3 Å². The number of anilines is 2. The van der Waals surface area contributed by atoms with E-state index in [0.29, 0.717) is 27.7 Å². The number of amides is 1. The molecular weight excluding hydrogens is 376 g/mol. The van der Waals surface area contributed by atoms with Crippen LogP contribution in [0.5, 0.6) is 0 Å². The van der Waals surface area contributed by atoms with Crippen LogP contribution < -0.4 is 10.0 Å². The maximum absolute atomic E-state index is 12.8. The molecule has 0 unspecified atom stereocenters. The van der Waals surface area contributed by atoms with Crippen LogP contribution in [0.1, 0.15) is 20.7 Å². The summed E-state index contributed by atoms with van der Waals surface area (Å²) in [7, 11) is -3.90. The minimum absolute atomic E-state index is 0.0621. The third kappa shape index (κ3) is 2.61. The second-order valence-corrected chi connectivity index (χ2v) is 7.74. The van der Waals surface area contributed by atoms with E-state index < -0.39 is 15.3 Å². The monoisotopic (exact) mass is 386 g/mol. The maximum atomic E-state index is 12.8. The highest BCUT2D eigenvalue weighted by molar-refractivity contribution is 7.93. The third-order valence-electron chi connectivity index (χ3n) is 4.15. The molecule has 4 rings (SSSR count). The Labute approximate surface area is 153 Å². The first kappa shape index (κ1) is 16.6. The van der Waals surface area contributed by atoms with Crippen molar-refractivity contribution in [3.63, 3.8) is 0 Å². The van der Waals surface area contributed by atoms with Crippen molar-refractivity contribution in [2.75, 3.05) is 10.0 Å². The number of benzene rings is 3. The second-order valence-electron chi connectivity index (χ2n) is 5.75. The molecule has 6 nitrogen and oxygen atoms in total. The first-order valence-corrected chi connectivity index (χ1v) is 9.43. The van der Waals surface area contributed by atoms with Gasteiger partial charge in [-0.2, -0.15) is 0 Å². The maximum Gasteiger partial charge on any atom is 0.262 e. The first-order chi connectivity index (χ1) is 12.4. The summed E-state index contributed by atoms with van der Waals surface area (Å²) in [5.74, 6) is -0.255. The molecule has 0 saturated heterocycles. The molecule has 1 heterocycles. The fourth-order valence-corrected chi connectivity index (χ4v) is 4.37. The Hall–Kier alpha value is -2.90. The molecular formula is C18H11ClN2O4S. The minimum Gasteiger partial charge on any atom is -0.321 e. The lowest BCUT2D eigenvalue weighted by Crippen LogP contribution is -2.13. The van der Waals surface area contributed by atoms with Crippen LogP contribution in [0.2, 0.25) is 0 Å². The first-order valence-electron chi connectivity index (χ1n) is 7.56. The number of carbonyl (C=O) groups excluding carboxylic acids is 2. The molecule has 0 aliphatic carbocycles. The molecule has 0 spiro atoms. The molecule has 1 aliphatic rings. The lowest BCUT2D eigenvalue weighted by atomic mass is 10.1. The van der Waals surface area contributed by atoms with E-state index in [9.17, 15) is 18.0 Å². The molecule has 1 aliphatic heterocycles. The van der Waals surface area contributed by atoms with E-state index in [0.717, 1.165) is 0 Å². The van der Waals surface area contributed by atoms with Gasteiger partial charge in [0, 0.05) is 33.3 Å². The third-order valence-corrected chi connectivity index (χ3v) is 5.80. The number of nitrogens with one attached hydrogen (secondary N) is 2. The van der Waals surface area contributed by atoms with Crippen LogP contribution in [0, 0.1) is 0 Å².